The fourth-order valence-corrected chi connectivity index (χ4v) is 4.68. The van der Waals surface area contributed by atoms with Crippen molar-refractivity contribution >= 4 is 33.7 Å². The van der Waals surface area contributed by atoms with E-state index in [0.29, 0.717) is 12.5 Å². The first kappa shape index (κ1) is 21.0. The van der Waals surface area contributed by atoms with Crippen LogP contribution in [0.1, 0.15) is 30.1 Å². The molecule has 5 rings (SSSR count). The topological polar surface area (TPSA) is 76.0 Å². The Hall–Kier alpha value is -2.90. The lowest BCUT2D eigenvalue weighted by Gasteiger charge is -2.31. The van der Waals surface area contributed by atoms with Crippen molar-refractivity contribution in [2.75, 3.05) is 26.7 Å². The van der Waals surface area contributed by atoms with Gasteiger partial charge in [-0.3, -0.25) is 4.79 Å². The van der Waals surface area contributed by atoms with Gasteiger partial charge in [-0.1, -0.05) is 11.6 Å². The molecule has 0 amide bonds. The molecule has 0 saturated carbocycles. The molecular formula is C24H26ClN5O2. The number of rotatable bonds is 5. The Morgan fingerprint density at radius 1 is 1.16 bits per heavy atom. The highest BCUT2D eigenvalue weighted by atomic mass is 35.5. The number of hydrogen-bond donors (Lipinski definition) is 1. The molecule has 1 saturated heterocycles. The van der Waals surface area contributed by atoms with Gasteiger partial charge in [-0.15, -0.1) is 0 Å². The first-order valence-corrected chi connectivity index (χ1v) is 11.3. The van der Waals surface area contributed by atoms with Crippen molar-refractivity contribution in [1.29, 1.82) is 0 Å². The molecule has 0 unspecified atom stereocenters. The molecule has 32 heavy (non-hydrogen) atoms. The second kappa shape index (κ2) is 8.56. The van der Waals surface area contributed by atoms with E-state index in [1.807, 2.05) is 31.2 Å². The number of ether oxygens (including phenoxy) is 1. The first-order chi connectivity index (χ1) is 15.5. The van der Waals surface area contributed by atoms with Crippen molar-refractivity contribution < 1.29 is 4.74 Å². The van der Waals surface area contributed by atoms with Gasteiger partial charge in [0.2, 0.25) is 0 Å². The maximum Gasteiger partial charge on any atom is 0.269 e. The van der Waals surface area contributed by atoms with E-state index in [1.54, 1.807) is 11.7 Å². The molecule has 0 bridgehead atoms. The average molecular weight is 452 g/mol. The molecule has 4 aromatic rings. The van der Waals surface area contributed by atoms with Crippen LogP contribution in [0.25, 0.3) is 22.1 Å². The van der Waals surface area contributed by atoms with Crippen LogP contribution >= 0.6 is 11.6 Å². The van der Waals surface area contributed by atoms with Crippen molar-refractivity contribution in [1.82, 2.24) is 24.4 Å². The van der Waals surface area contributed by atoms with E-state index in [0.717, 1.165) is 76.7 Å². The zero-order valence-corrected chi connectivity index (χ0v) is 19.0. The average Bonchev–Trinajstić information content (AvgIpc) is 3.21. The van der Waals surface area contributed by atoms with Crippen LogP contribution in [0.15, 0.2) is 41.3 Å². The summed E-state index contributed by atoms with van der Waals surface area (Å²) in [6.07, 6.45) is 3.47. The van der Waals surface area contributed by atoms with Gasteiger partial charge >= 0.3 is 0 Å². The van der Waals surface area contributed by atoms with Crippen LogP contribution in [0, 0.1) is 6.92 Å². The second-order valence-corrected chi connectivity index (χ2v) is 8.87. The van der Waals surface area contributed by atoms with Crippen molar-refractivity contribution in [3.05, 3.63) is 63.3 Å². The molecule has 2 aromatic heterocycles. The van der Waals surface area contributed by atoms with Gasteiger partial charge in [-0.25, -0.2) is 9.97 Å². The number of piperidine rings is 1. The van der Waals surface area contributed by atoms with E-state index in [2.05, 4.69) is 20.9 Å². The number of nitrogens with zero attached hydrogens (tertiary/aromatic N) is 4. The summed E-state index contributed by atoms with van der Waals surface area (Å²) in [6, 6.07) is 9.63. The van der Waals surface area contributed by atoms with E-state index in [-0.39, 0.29) is 5.56 Å². The molecule has 0 spiro atoms. The Morgan fingerprint density at radius 2 is 1.97 bits per heavy atom. The minimum Gasteiger partial charge on any atom is -0.497 e. The maximum atomic E-state index is 12.5. The number of halogens is 1. The normalized spacial score (nSPS) is 15.6. The molecule has 166 valence electrons. The smallest absolute Gasteiger partial charge is 0.269 e. The summed E-state index contributed by atoms with van der Waals surface area (Å²) in [6.45, 7) is 5.40. The Balaban J connectivity index is 1.26. The Labute approximate surface area is 191 Å². The van der Waals surface area contributed by atoms with Crippen LogP contribution in [0.4, 0.5) is 0 Å². The number of imidazole rings is 1. The quantitative estimate of drug-likeness (QED) is 0.494. The molecule has 0 radical (unpaired) electrons. The summed E-state index contributed by atoms with van der Waals surface area (Å²) < 4.78 is 7.12. The highest BCUT2D eigenvalue weighted by Crippen LogP contribution is 2.29. The van der Waals surface area contributed by atoms with Crippen LogP contribution in [0.3, 0.4) is 0 Å². The molecule has 2 aromatic carbocycles. The van der Waals surface area contributed by atoms with Gasteiger partial charge in [0.15, 0.2) is 0 Å². The van der Waals surface area contributed by atoms with Gasteiger partial charge in [0.1, 0.15) is 11.6 Å². The molecule has 1 fully saturated rings. The van der Waals surface area contributed by atoms with Crippen LogP contribution in [-0.2, 0) is 6.54 Å². The van der Waals surface area contributed by atoms with E-state index in [9.17, 15) is 4.79 Å². The Kier molecular flexibility index (Phi) is 5.61. The van der Waals surface area contributed by atoms with Crippen LogP contribution < -0.4 is 10.3 Å². The summed E-state index contributed by atoms with van der Waals surface area (Å²) in [4.78, 5) is 27.5. The van der Waals surface area contributed by atoms with E-state index < -0.39 is 0 Å². The van der Waals surface area contributed by atoms with E-state index >= 15 is 0 Å². The Bertz CT molecular complexity index is 1300. The highest BCUT2D eigenvalue weighted by molar-refractivity contribution is 6.32. The third kappa shape index (κ3) is 3.98. The molecule has 8 heteroatoms. The van der Waals surface area contributed by atoms with E-state index in [1.165, 1.54) is 6.20 Å². The fraction of sp³-hybridized carbons (Fsp3) is 0.375. The molecule has 1 aliphatic rings. The first-order valence-electron chi connectivity index (χ1n) is 10.9. The van der Waals surface area contributed by atoms with Gasteiger partial charge in [-0.05, 0) is 62.7 Å². The minimum atomic E-state index is -0.0862. The SMILES string of the molecule is COc1ccc2ncc(=O)n(CCN3CCC(c4nc5cc(Cl)c(C)cc5[nH]4)CC3)c2c1. The monoisotopic (exact) mass is 451 g/mol. The van der Waals surface area contributed by atoms with Gasteiger partial charge in [-0.2, -0.15) is 0 Å². The summed E-state index contributed by atoms with van der Waals surface area (Å²) in [7, 11) is 1.63. The van der Waals surface area contributed by atoms with Crippen molar-refractivity contribution in [2.24, 2.45) is 0 Å². The van der Waals surface area contributed by atoms with Crippen molar-refractivity contribution in [3.8, 4) is 5.75 Å². The zero-order chi connectivity index (χ0) is 22.2. The number of hydrogen-bond acceptors (Lipinski definition) is 5. The number of fused-ring (bicyclic) bond motifs is 2. The molecule has 1 N–H and O–H groups in total. The van der Waals surface area contributed by atoms with Crippen LogP contribution in [-0.4, -0.2) is 51.2 Å². The van der Waals surface area contributed by atoms with Gasteiger partial charge in [0, 0.05) is 30.1 Å². The number of aromatic nitrogens is 4. The lowest BCUT2D eigenvalue weighted by atomic mass is 9.96. The number of nitrogens with one attached hydrogen (secondary N) is 1. The number of benzene rings is 2. The fourth-order valence-electron chi connectivity index (χ4n) is 4.52. The number of H-pyrrole nitrogens is 1. The van der Waals surface area contributed by atoms with Gasteiger partial charge < -0.3 is 19.2 Å². The molecule has 3 heterocycles. The summed E-state index contributed by atoms with van der Waals surface area (Å²) >= 11 is 6.26. The lowest BCUT2D eigenvalue weighted by molar-refractivity contribution is 0.203. The predicted molar refractivity (Wildman–Crippen MR) is 127 cm³/mol. The van der Waals surface area contributed by atoms with E-state index in [4.69, 9.17) is 21.3 Å². The summed E-state index contributed by atoms with van der Waals surface area (Å²) in [5.74, 6) is 2.18. The molecular weight excluding hydrogens is 426 g/mol. The number of aryl methyl sites for hydroxylation is 1. The largest absolute Gasteiger partial charge is 0.497 e. The minimum absolute atomic E-state index is 0.0862. The second-order valence-electron chi connectivity index (χ2n) is 8.46. The molecule has 0 atom stereocenters. The maximum absolute atomic E-state index is 12.5. The van der Waals surface area contributed by atoms with Crippen LogP contribution in [0.2, 0.25) is 5.02 Å². The number of aromatic amines is 1. The third-order valence-corrected chi connectivity index (χ3v) is 6.86. The summed E-state index contributed by atoms with van der Waals surface area (Å²) in [5.41, 5.74) is 4.55. The van der Waals surface area contributed by atoms with Crippen molar-refractivity contribution in [3.63, 3.8) is 0 Å². The highest BCUT2D eigenvalue weighted by Gasteiger charge is 2.23. The van der Waals surface area contributed by atoms with Crippen molar-refractivity contribution in [2.45, 2.75) is 32.2 Å². The zero-order valence-electron chi connectivity index (χ0n) is 18.3. The molecule has 7 nitrogen and oxygen atoms in total. The predicted octanol–water partition coefficient (Wildman–Crippen LogP) is 4.12. The molecule has 1 aliphatic heterocycles. The van der Waals surface area contributed by atoms with Gasteiger partial charge in [0.25, 0.3) is 5.56 Å². The standard InChI is InChI=1S/C24H26ClN5O2/c1-15-11-20-21(13-18(15)25)28-24(27-20)16-5-7-29(8-6-16)9-10-30-22-12-17(32-2)3-4-19(22)26-14-23(30)31/h3-4,11-14,16H,5-10H2,1-2H3,(H,27,28). The number of methoxy groups -OCH3 is 1. The Morgan fingerprint density at radius 3 is 2.75 bits per heavy atom. The van der Waals surface area contributed by atoms with Crippen LogP contribution in [0.5, 0.6) is 5.75 Å². The van der Waals surface area contributed by atoms with Gasteiger partial charge in [0.05, 0.1) is 35.4 Å². The third-order valence-electron chi connectivity index (χ3n) is 6.45. The summed E-state index contributed by atoms with van der Waals surface area (Å²) in [5, 5.41) is 0.752. The molecule has 0 aliphatic carbocycles. The number of likely N-dealkylation sites (tertiary alicyclic amines) is 1. The lowest BCUT2D eigenvalue weighted by Crippen LogP contribution is -2.37.